The third-order valence-corrected chi connectivity index (χ3v) is 4.35. The summed E-state index contributed by atoms with van der Waals surface area (Å²) in [6.07, 6.45) is 4.30. The van der Waals surface area contributed by atoms with Crippen LogP contribution in [0.4, 0.5) is 8.78 Å². The molecule has 0 saturated carbocycles. The molecule has 1 aromatic carbocycles. The van der Waals surface area contributed by atoms with E-state index in [1.165, 1.54) is 0 Å². The number of aromatic nitrogens is 1. The largest absolute Gasteiger partial charge is 0.330 e. The van der Waals surface area contributed by atoms with Crippen LogP contribution in [0.15, 0.2) is 36.5 Å². The Labute approximate surface area is 137 Å². The number of amides is 1. The Hall–Kier alpha value is -2.01. The predicted octanol–water partition coefficient (Wildman–Crippen LogP) is 4.38. The Morgan fingerprint density at radius 1 is 1.22 bits per heavy atom. The lowest BCUT2D eigenvalue weighted by molar-refractivity contribution is 0.0605. The fourth-order valence-electron chi connectivity index (χ4n) is 2.90. The van der Waals surface area contributed by atoms with Crippen LogP contribution in [-0.2, 0) is 0 Å². The third kappa shape index (κ3) is 3.20. The Morgan fingerprint density at radius 2 is 2.00 bits per heavy atom. The quantitative estimate of drug-likeness (QED) is 0.762. The van der Waals surface area contributed by atoms with E-state index < -0.39 is 17.5 Å². The highest BCUT2D eigenvalue weighted by atomic mass is 35.5. The van der Waals surface area contributed by atoms with Gasteiger partial charge in [-0.05, 0) is 43.5 Å². The Kier molecular flexibility index (Phi) is 4.57. The minimum absolute atomic E-state index is 0.0200. The lowest BCUT2D eigenvalue weighted by atomic mass is 9.97. The van der Waals surface area contributed by atoms with Gasteiger partial charge in [-0.25, -0.2) is 8.78 Å². The van der Waals surface area contributed by atoms with Gasteiger partial charge in [0.25, 0.3) is 5.91 Å². The number of nitrogens with zero attached hydrogens (tertiary/aromatic N) is 2. The van der Waals surface area contributed by atoms with Gasteiger partial charge in [-0.1, -0.05) is 17.7 Å². The average Bonchev–Trinajstić information content (AvgIpc) is 2.58. The van der Waals surface area contributed by atoms with Crippen LogP contribution in [0.3, 0.4) is 0 Å². The summed E-state index contributed by atoms with van der Waals surface area (Å²) >= 11 is 5.94. The summed E-state index contributed by atoms with van der Waals surface area (Å²) in [5.74, 6) is -2.54. The first-order chi connectivity index (χ1) is 11.1. The van der Waals surface area contributed by atoms with Gasteiger partial charge in [0, 0.05) is 12.7 Å². The zero-order valence-electron chi connectivity index (χ0n) is 12.3. The standard InChI is InChI=1S/C17H15ClF2N2O/c18-12-10-14(20)13(19)9-11(12)17(23)22-8-4-2-6-16(22)15-5-1-3-7-21-15/h1,3,5,7,9-10,16H,2,4,6,8H2. The first-order valence-corrected chi connectivity index (χ1v) is 7.82. The Bertz CT molecular complexity index is 724. The van der Waals surface area contributed by atoms with Gasteiger partial charge in [0.15, 0.2) is 11.6 Å². The molecule has 0 radical (unpaired) electrons. The highest BCUT2D eigenvalue weighted by Crippen LogP contribution is 2.32. The number of hydrogen-bond acceptors (Lipinski definition) is 2. The van der Waals surface area contributed by atoms with Gasteiger partial charge in [0.2, 0.25) is 0 Å². The minimum Gasteiger partial charge on any atom is -0.330 e. The molecule has 120 valence electrons. The molecule has 0 N–H and O–H groups in total. The maximum absolute atomic E-state index is 13.5. The highest BCUT2D eigenvalue weighted by molar-refractivity contribution is 6.33. The summed E-state index contributed by atoms with van der Waals surface area (Å²) in [7, 11) is 0. The topological polar surface area (TPSA) is 33.2 Å². The molecule has 2 aromatic rings. The summed E-state index contributed by atoms with van der Waals surface area (Å²) in [6, 6.07) is 7.06. The van der Waals surface area contributed by atoms with Crippen molar-refractivity contribution < 1.29 is 13.6 Å². The number of likely N-dealkylation sites (tertiary alicyclic amines) is 1. The number of halogens is 3. The van der Waals surface area contributed by atoms with Gasteiger partial charge >= 0.3 is 0 Å². The number of pyridine rings is 1. The molecule has 1 aliphatic heterocycles. The van der Waals surface area contributed by atoms with Gasteiger partial charge in [-0.15, -0.1) is 0 Å². The summed E-state index contributed by atoms with van der Waals surface area (Å²) in [6.45, 7) is 0.537. The first-order valence-electron chi connectivity index (χ1n) is 7.44. The van der Waals surface area contributed by atoms with Crippen LogP contribution in [0.5, 0.6) is 0 Å². The molecule has 2 heterocycles. The first kappa shape index (κ1) is 15.9. The van der Waals surface area contributed by atoms with E-state index in [1.807, 2.05) is 18.2 Å². The molecule has 0 bridgehead atoms. The van der Waals surface area contributed by atoms with E-state index in [2.05, 4.69) is 4.98 Å². The molecular weight excluding hydrogens is 322 g/mol. The van der Waals surface area contributed by atoms with Crippen molar-refractivity contribution in [3.05, 3.63) is 64.4 Å². The molecule has 1 atom stereocenters. The molecule has 1 aromatic heterocycles. The molecule has 1 aliphatic rings. The number of carbonyl (C=O) groups is 1. The predicted molar refractivity (Wildman–Crippen MR) is 83.2 cm³/mol. The van der Waals surface area contributed by atoms with Crippen LogP contribution in [-0.4, -0.2) is 22.3 Å². The van der Waals surface area contributed by atoms with Crippen LogP contribution >= 0.6 is 11.6 Å². The fraction of sp³-hybridized carbons (Fsp3) is 0.294. The number of carbonyl (C=O) groups excluding carboxylic acids is 1. The maximum Gasteiger partial charge on any atom is 0.256 e. The van der Waals surface area contributed by atoms with Gasteiger partial charge < -0.3 is 4.90 Å². The average molecular weight is 337 g/mol. The molecule has 23 heavy (non-hydrogen) atoms. The summed E-state index contributed by atoms with van der Waals surface area (Å²) in [5, 5.41) is -0.0840. The molecule has 1 saturated heterocycles. The van der Waals surface area contributed by atoms with Crippen LogP contribution in [0.1, 0.15) is 41.4 Å². The second-order valence-corrected chi connectivity index (χ2v) is 5.92. The zero-order chi connectivity index (χ0) is 16.4. The normalized spacial score (nSPS) is 18.0. The van der Waals surface area contributed by atoms with Crippen molar-refractivity contribution in [1.82, 2.24) is 9.88 Å². The van der Waals surface area contributed by atoms with Crippen molar-refractivity contribution in [2.24, 2.45) is 0 Å². The lowest BCUT2D eigenvalue weighted by Gasteiger charge is -2.35. The molecular formula is C17H15ClF2N2O. The summed E-state index contributed by atoms with van der Waals surface area (Å²) < 4.78 is 26.7. The molecule has 3 nitrogen and oxygen atoms in total. The lowest BCUT2D eigenvalue weighted by Crippen LogP contribution is -2.39. The Morgan fingerprint density at radius 3 is 2.74 bits per heavy atom. The van der Waals surface area contributed by atoms with Crippen molar-refractivity contribution in [2.45, 2.75) is 25.3 Å². The monoisotopic (exact) mass is 336 g/mol. The van der Waals surface area contributed by atoms with Crippen molar-refractivity contribution in [3.63, 3.8) is 0 Å². The zero-order valence-corrected chi connectivity index (χ0v) is 13.1. The molecule has 0 spiro atoms. The molecule has 1 amide bonds. The van der Waals surface area contributed by atoms with E-state index in [1.54, 1.807) is 11.1 Å². The number of benzene rings is 1. The van der Waals surface area contributed by atoms with Gasteiger partial charge in [0.1, 0.15) is 0 Å². The fourth-order valence-corrected chi connectivity index (χ4v) is 3.13. The summed E-state index contributed by atoms with van der Waals surface area (Å²) in [5.41, 5.74) is 0.771. The van der Waals surface area contributed by atoms with E-state index in [4.69, 9.17) is 11.6 Å². The Balaban J connectivity index is 1.95. The minimum atomic E-state index is -1.08. The maximum atomic E-state index is 13.5. The van der Waals surface area contributed by atoms with E-state index in [0.29, 0.717) is 6.54 Å². The second-order valence-electron chi connectivity index (χ2n) is 5.51. The number of piperidine rings is 1. The number of hydrogen-bond donors (Lipinski definition) is 0. The van der Waals surface area contributed by atoms with E-state index in [-0.39, 0.29) is 16.6 Å². The van der Waals surface area contributed by atoms with Gasteiger partial charge in [0.05, 0.1) is 22.3 Å². The van der Waals surface area contributed by atoms with Gasteiger partial charge in [-0.2, -0.15) is 0 Å². The van der Waals surface area contributed by atoms with Crippen LogP contribution in [0, 0.1) is 11.6 Å². The molecule has 6 heteroatoms. The van der Waals surface area contributed by atoms with Crippen molar-refractivity contribution >= 4 is 17.5 Å². The summed E-state index contributed by atoms with van der Waals surface area (Å²) in [4.78, 5) is 18.8. The van der Waals surface area contributed by atoms with Crippen LogP contribution < -0.4 is 0 Å². The molecule has 1 fully saturated rings. The van der Waals surface area contributed by atoms with Crippen molar-refractivity contribution in [1.29, 1.82) is 0 Å². The number of rotatable bonds is 2. The molecule has 1 unspecified atom stereocenters. The van der Waals surface area contributed by atoms with E-state index in [0.717, 1.165) is 37.1 Å². The van der Waals surface area contributed by atoms with E-state index in [9.17, 15) is 13.6 Å². The van der Waals surface area contributed by atoms with Crippen LogP contribution in [0.2, 0.25) is 5.02 Å². The molecule has 0 aliphatic carbocycles. The highest BCUT2D eigenvalue weighted by Gasteiger charge is 2.31. The third-order valence-electron chi connectivity index (χ3n) is 4.03. The smallest absolute Gasteiger partial charge is 0.256 e. The van der Waals surface area contributed by atoms with Gasteiger partial charge in [-0.3, -0.25) is 9.78 Å². The second kappa shape index (κ2) is 6.62. The van der Waals surface area contributed by atoms with Crippen molar-refractivity contribution in [2.75, 3.05) is 6.54 Å². The van der Waals surface area contributed by atoms with E-state index >= 15 is 0 Å². The van der Waals surface area contributed by atoms with Crippen LogP contribution in [0.25, 0.3) is 0 Å². The SMILES string of the molecule is O=C(c1cc(F)c(F)cc1Cl)N1CCCCC1c1ccccn1. The molecule has 3 rings (SSSR count). The van der Waals surface area contributed by atoms with Crippen molar-refractivity contribution in [3.8, 4) is 0 Å².